The van der Waals surface area contributed by atoms with Gasteiger partial charge in [0.05, 0.1) is 83.1 Å². The normalized spacial score (nSPS) is 12.0. The largest absolute Gasteiger partial charge is 0.382 e. The SMILES string of the molecule is C.C.C.C.C.C.C.C.COCCOCCCNC(=O)CCC(=O)C(Cc1ccccc1)NC(=O)CCC(NC(=O)CCC(N)C(=O)NC(CCC(=O)NC(Cc1ccccc1)C(=O)CCC(=O)NCCCOCCOC)C(=O)NC(Cc1ccccc1)C(=O)CCC(=O)NCCCOCCOC)C(=O)NC(Cc1ccccc1)C(=O)CCC(=O)NCCCOCCOC. The van der Waals surface area contributed by atoms with Gasteiger partial charge in [-0.05, 0) is 92.9 Å². The van der Waals surface area contributed by atoms with Crippen LogP contribution in [0.4, 0.5) is 0 Å². The van der Waals surface area contributed by atoms with E-state index in [1.807, 2.05) is 0 Å². The van der Waals surface area contributed by atoms with E-state index >= 15 is 0 Å². The van der Waals surface area contributed by atoms with Gasteiger partial charge in [-0.1, -0.05) is 181 Å². The standard InChI is InChI=1S/C87H127N11O22.8CH4/c1-113-51-55-117-47-17-43-89-78(103)39-32-74(99)70(59-63-21-9-5-10-22-63)94-83(108)37-30-68(86(111)97-72(61-65-25-13-7-14-26-65)76(101)34-41-80(105)91-45-19-49-119-57-53-115-3)93-82(107)36-29-67(88)85(110)96-69(87(112)98-73(62-66-27-15-8-16-28-66)77(102)35-42-81(106)92-46-20-50-120-58-54-116-4)31-38-84(109)95-71(60-64-23-11-6-12-24-64)75(100)33-40-79(104)90-44-18-48-118-56-52-114-2;;;;;;;;/h5-16,21-28,67-73H,17-20,29-62,88H2,1-4H3,(H,89,103)(H,90,104)(H,91,105)(H,92,106)(H,93,107)(H,94,108)(H,95,109)(H,96,110)(H,97,111)(H,98,112);8*1H4. The third-order valence-corrected chi connectivity index (χ3v) is 18.9. The van der Waals surface area contributed by atoms with E-state index in [1.165, 1.54) is 0 Å². The molecule has 128 heavy (non-hydrogen) atoms. The van der Waals surface area contributed by atoms with Gasteiger partial charge in [0.1, 0.15) is 12.1 Å². The molecule has 0 spiro atoms. The van der Waals surface area contributed by atoms with Crippen LogP contribution in [0.15, 0.2) is 121 Å². The Kier molecular flexibility index (Phi) is 78.1. The van der Waals surface area contributed by atoms with E-state index in [-0.39, 0.29) is 150 Å². The third kappa shape index (κ3) is 59.1. The van der Waals surface area contributed by atoms with Crippen molar-refractivity contribution in [3.05, 3.63) is 144 Å². The van der Waals surface area contributed by atoms with Crippen LogP contribution < -0.4 is 58.9 Å². The maximum Gasteiger partial charge on any atom is 0.243 e. The Hall–Kier alpha value is -10.1. The van der Waals surface area contributed by atoms with Gasteiger partial charge in [-0.25, -0.2) is 0 Å². The number of carbonyl (C=O) groups is 14. The summed E-state index contributed by atoms with van der Waals surface area (Å²) >= 11 is 0. The molecular formula is C95H159N11O22. The molecule has 10 amide bonds. The fourth-order valence-corrected chi connectivity index (χ4v) is 12.1. The molecular weight excluding hydrogens is 1650 g/mol. The van der Waals surface area contributed by atoms with Crippen molar-refractivity contribution >= 4 is 82.2 Å². The Morgan fingerprint density at radius 1 is 0.250 bits per heavy atom. The zero-order chi connectivity index (χ0) is 87.2. The summed E-state index contributed by atoms with van der Waals surface area (Å²) in [5.41, 5.74) is 9.19. The van der Waals surface area contributed by atoms with Crippen LogP contribution in [0.3, 0.4) is 0 Å². The maximum absolute atomic E-state index is 14.9. The number of nitrogens with two attached hydrogens (primary N) is 1. The van der Waals surface area contributed by atoms with Gasteiger partial charge in [-0.2, -0.15) is 0 Å². The molecule has 4 rings (SSSR count). The number of methoxy groups -OCH3 is 4. The number of hydrogen-bond donors (Lipinski definition) is 11. The molecule has 0 fully saturated rings. The first-order valence-electron chi connectivity index (χ1n) is 41.3. The molecule has 33 heteroatoms. The Morgan fingerprint density at radius 3 is 0.719 bits per heavy atom. The van der Waals surface area contributed by atoms with Gasteiger partial charge in [-0.15, -0.1) is 0 Å². The number of hydrogen-bond acceptors (Lipinski definition) is 23. The van der Waals surface area contributed by atoms with Crippen LogP contribution in [0.5, 0.6) is 0 Å². The van der Waals surface area contributed by atoms with Gasteiger partial charge in [0.15, 0.2) is 23.1 Å². The zero-order valence-corrected chi connectivity index (χ0v) is 70.0. The van der Waals surface area contributed by atoms with Crippen LogP contribution in [0.1, 0.15) is 197 Å². The summed E-state index contributed by atoms with van der Waals surface area (Å²) in [7, 11) is 6.21. The van der Waals surface area contributed by atoms with Crippen molar-refractivity contribution in [2.45, 2.75) is 243 Å². The molecule has 4 aromatic carbocycles. The van der Waals surface area contributed by atoms with Crippen molar-refractivity contribution in [1.82, 2.24) is 53.2 Å². The van der Waals surface area contributed by atoms with E-state index in [0.29, 0.717) is 140 Å². The molecule has 0 aromatic heterocycles. The fourth-order valence-electron chi connectivity index (χ4n) is 12.1. The monoisotopic (exact) mass is 1810 g/mol. The molecule has 7 atom stereocenters. The van der Waals surface area contributed by atoms with Gasteiger partial charge in [0.2, 0.25) is 59.1 Å². The highest BCUT2D eigenvalue weighted by Gasteiger charge is 2.33. The quantitative estimate of drug-likeness (QED) is 0.0189. The summed E-state index contributed by atoms with van der Waals surface area (Å²) in [6.07, 6.45) is -2.90. The predicted octanol–water partition coefficient (Wildman–Crippen LogP) is 7.70. The van der Waals surface area contributed by atoms with Crippen molar-refractivity contribution in [2.75, 3.05) is 134 Å². The van der Waals surface area contributed by atoms with Crippen molar-refractivity contribution in [3.8, 4) is 0 Å². The molecule has 7 unspecified atom stereocenters. The van der Waals surface area contributed by atoms with Gasteiger partial charge in [-0.3, -0.25) is 67.1 Å². The summed E-state index contributed by atoms with van der Waals surface area (Å²) in [6, 6.07) is 25.3. The number of carbonyl (C=O) groups excluding carboxylic acids is 14. The number of benzene rings is 4. The maximum atomic E-state index is 14.9. The molecule has 33 nitrogen and oxygen atoms in total. The lowest BCUT2D eigenvalue weighted by Crippen LogP contribution is -2.55. The zero-order valence-electron chi connectivity index (χ0n) is 70.0. The second-order valence-electron chi connectivity index (χ2n) is 28.6. The molecule has 0 aliphatic heterocycles. The topological polar surface area (TPSA) is 459 Å². The minimum Gasteiger partial charge on any atom is -0.382 e. The Balaban J connectivity index is -0.00000630. The first-order chi connectivity index (χ1) is 58.1. The molecule has 0 aliphatic rings. The van der Waals surface area contributed by atoms with E-state index in [4.69, 9.17) is 43.6 Å². The number of rotatable bonds is 70. The first-order valence-corrected chi connectivity index (χ1v) is 41.3. The summed E-state index contributed by atoms with van der Waals surface area (Å²) in [5.74, 6) is -8.83. The van der Waals surface area contributed by atoms with Crippen LogP contribution in [0.2, 0.25) is 0 Å². The molecule has 4 aromatic rings. The number of ether oxygens (including phenoxy) is 8. The van der Waals surface area contributed by atoms with Gasteiger partial charge >= 0.3 is 0 Å². The van der Waals surface area contributed by atoms with Crippen LogP contribution in [0, 0.1) is 0 Å². The van der Waals surface area contributed by atoms with Gasteiger partial charge in [0, 0.05) is 152 Å². The highest BCUT2D eigenvalue weighted by atomic mass is 16.5. The van der Waals surface area contributed by atoms with Crippen LogP contribution >= 0.6 is 0 Å². The number of amides is 10. The molecule has 0 radical (unpaired) electrons. The van der Waals surface area contributed by atoms with E-state index in [0.717, 1.165) is 0 Å². The van der Waals surface area contributed by atoms with E-state index in [1.54, 1.807) is 150 Å². The van der Waals surface area contributed by atoms with Crippen LogP contribution in [-0.2, 0) is 131 Å². The van der Waals surface area contributed by atoms with Gasteiger partial charge < -0.3 is 96.8 Å². The lowest BCUT2D eigenvalue weighted by Gasteiger charge is -2.25. The molecule has 726 valence electrons. The fraction of sp³-hybridized carbons (Fsp3) is 0.600. The summed E-state index contributed by atoms with van der Waals surface area (Å²) in [4.78, 5) is 195. The molecule has 0 heterocycles. The Labute approximate surface area is 763 Å². The van der Waals surface area contributed by atoms with Crippen molar-refractivity contribution in [2.24, 2.45) is 5.73 Å². The molecule has 0 aliphatic carbocycles. The third-order valence-electron chi connectivity index (χ3n) is 18.9. The van der Waals surface area contributed by atoms with E-state index < -0.39 is 163 Å². The highest BCUT2D eigenvalue weighted by molar-refractivity contribution is 5.98. The first kappa shape index (κ1) is 126. The van der Waals surface area contributed by atoms with Crippen LogP contribution in [-0.4, -0.2) is 258 Å². The lowest BCUT2D eigenvalue weighted by atomic mass is 9.98. The van der Waals surface area contributed by atoms with Crippen molar-refractivity contribution < 1.29 is 105 Å². The van der Waals surface area contributed by atoms with Crippen molar-refractivity contribution in [3.63, 3.8) is 0 Å². The molecule has 0 bridgehead atoms. The van der Waals surface area contributed by atoms with Gasteiger partial charge in [0.25, 0.3) is 0 Å². The second-order valence-corrected chi connectivity index (χ2v) is 28.6. The minimum atomic E-state index is -1.63. The average Bonchev–Trinajstić information content (AvgIpc) is 0.868. The smallest absolute Gasteiger partial charge is 0.243 e. The average molecular weight is 1810 g/mol. The number of ketones is 4. The molecule has 0 saturated heterocycles. The Morgan fingerprint density at radius 2 is 0.469 bits per heavy atom. The minimum absolute atomic E-state index is 0. The molecule has 12 N–H and O–H groups in total. The highest BCUT2D eigenvalue weighted by Crippen LogP contribution is 2.16. The summed E-state index contributed by atoms with van der Waals surface area (Å²) < 4.78 is 41.8. The summed E-state index contributed by atoms with van der Waals surface area (Å²) in [6.45, 7) is 5.73. The van der Waals surface area contributed by atoms with E-state index in [2.05, 4.69) is 53.2 Å². The predicted molar refractivity (Wildman–Crippen MR) is 500 cm³/mol. The molecule has 0 saturated carbocycles. The number of nitrogens with one attached hydrogen (secondary N) is 10. The van der Waals surface area contributed by atoms with Crippen LogP contribution in [0.25, 0.3) is 0 Å². The summed E-state index contributed by atoms with van der Waals surface area (Å²) in [5, 5.41) is 27.3. The van der Waals surface area contributed by atoms with Crippen molar-refractivity contribution in [1.29, 1.82) is 0 Å². The number of Topliss-reactive ketones (excluding diaryl/α,β-unsaturated/α-hetero) is 4. The lowest BCUT2D eigenvalue weighted by molar-refractivity contribution is -0.133. The Bertz CT molecular complexity index is 3690. The second kappa shape index (κ2) is 79.1. The van der Waals surface area contributed by atoms with E-state index in [9.17, 15) is 67.1 Å².